The Bertz CT molecular complexity index is 2210. The molecule has 6 aromatic carbocycles. The predicted molar refractivity (Wildman–Crippen MR) is 178 cm³/mol. The molecule has 1 aliphatic rings. The molecular weight excluding hydrogens is 569 g/mol. The largest absolute Gasteiger partial charge is 0.423 e. The van der Waals surface area contributed by atoms with Gasteiger partial charge in [-0.15, -0.1) is 0 Å². The molecule has 224 valence electrons. The number of benzene rings is 6. The fourth-order valence-electron chi connectivity index (χ4n) is 6.90. The SMILES string of the molecule is C=CC(=O)OC(=C)c1ccc2c(c1)C(C)(C(F)(F)F)c1cc(-c3ccc4ccc5cc(C(C)(C)C)cc6ccc3c4c56)ccc1-2. The van der Waals surface area contributed by atoms with Gasteiger partial charge in [0.05, 0.1) is 0 Å². The van der Waals surface area contributed by atoms with Gasteiger partial charge in [-0.1, -0.05) is 107 Å². The van der Waals surface area contributed by atoms with Crippen LogP contribution in [0.3, 0.4) is 0 Å². The summed E-state index contributed by atoms with van der Waals surface area (Å²) in [7, 11) is 0. The monoisotopic (exact) mass is 600 g/mol. The van der Waals surface area contributed by atoms with Gasteiger partial charge in [0.2, 0.25) is 0 Å². The summed E-state index contributed by atoms with van der Waals surface area (Å²) in [6.07, 6.45) is -3.62. The van der Waals surface area contributed by atoms with Crippen LogP contribution in [0.15, 0.2) is 104 Å². The molecule has 0 aromatic heterocycles. The molecule has 1 atom stereocenters. The number of halogens is 3. The van der Waals surface area contributed by atoms with Gasteiger partial charge in [-0.25, -0.2) is 4.79 Å². The molecule has 0 fully saturated rings. The minimum Gasteiger partial charge on any atom is -0.423 e. The van der Waals surface area contributed by atoms with Gasteiger partial charge in [-0.05, 0) is 95.7 Å². The minimum absolute atomic E-state index is 0.00716. The number of esters is 1. The Morgan fingerprint density at radius 3 is 1.98 bits per heavy atom. The van der Waals surface area contributed by atoms with E-state index < -0.39 is 17.6 Å². The van der Waals surface area contributed by atoms with E-state index in [9.17, 15) is 4.79 Å². The van der Waals surface area contributed by atoms with Crippen molar-refractivity contribution in [2.45, 2.75) is 44.7 Å². The maximum absolute atomic E-state index is 15.2. The summed E-state index contributed by atoms with van der Waals surface area (Å²) < 4.78 is 50.6. The van der Waals surface area contributed by atoms with Gasteiger partial charge in [0.1, 0.15) is 11.2 Å². The Hall–Kier alpha value is -4.90. The van der Waals surface area contributed by atoms with Crippen LogP contribution in [0, 0.1) is 0 Å². The van der Waals surface area contributed by atoms with Crippen LogP contribution in [0.5, 0.6) is 0 Å². The zero-order valence-corrected chi connectivity index (χ0v) is 25.5. The van der Waals surface area contributed by atoms with Crippen molar-refractivity contribution in [3.63, 3.8) is 0 Å². The smallest absolute Gasteiger partial charge is 0.402 e. The molecule has 7 rings (SSSR count). The first-order chi connectivity index (χ1) is 21.2. The molecule has 1 unspecified atom stereocenters. The lowest BCUT2D eigenvalue weighted by Gasteiger charge is -2.30. The van der Waals surface area contributed by atoms with E-state index in [4.69, 9.17) is 4.74 Å². The molecular formula is C40H31F3O2. The highest BCUT2D eigenvalue weighted by atomic mass is 19.4. The molecule has 45 heavy (non-hydrogen) atoms. The van der Waals surface area contributed by atoms with Crippen LogP contribution in [0.25, 0.3) is 60.3 Å². The van der Waals surface area contributed by atoms with Gasteiger partial charge >= 0.3 is 12.1 Å². The molecule has 6 aromatic rings. The molecule has 0 bridgehead atoms. The molecule has 0 spiro atoms. The average Bonchev–Trinajstić information content (AvgIpc) is 3.27. The van der Waals surface area contributed by atoms with Crippen molar-refractivity contribution in [3.05, 3.63) is 126 Å². The van der Waals surface area contributed by atoms with E-state index in [2.05, 4.69) is 76.4 Å². The second-order valence-corrected chi connectivity index (χ2v) is 13.1. The molecule has 0 radical (unpaired) electrons. The van der Waals surface area contributed by atoms with Crippen LogP contribution in [-0.4, -0.2) is 12.1 Å². The van der Waals surface area contributed by atoms with Crippen LogP contribution in [0.4, 0.5) is 13.2 Å². The van der Waals surface area contributed by atoms with Crippen molar-refractivity contribution in [1.82, 2.24) is 0 Å². The number of rotatable bonds is 4. The van der Waals surface area contributed by atoms with Crippen molar-refractivity contribution in [2.75, 3.05) is 0 Å². The van der Waals surface area contributed by atoms with Crippen molar-refractivity contribution in [3.8, 4) is 22.3 Å². The summed E-state index contributed by atoms with van der Waals surface area (Å²) in [4.78, 5) is 11.7. The quantitative estimate of drug-likeness (QED) is 0.0871. The molecule has 5 heteroatoms. The fourth-order valence-corrected chi connectivity index (χ4v) is 6.90. The molecule has 0 N–H and O–H groups in total. The van der Waals surface area contributed by atoms with E-state index >= 15 is 13.2 Å². The third-order valence-corrected chi connectivity index (χ3v) is 9.46. The third-order valence-electron chi connectivity index (χ3n) is 9.46. The van der Waals surface area contributed by atoms with Gasteiger partial charge in [-0.2, -0.15) is 13.2 Å². The summed E-state index contributed by atoms with van der Waals surface area (Å²) in [6.45, 7) is 15.0. The van der Waals surface area contributed by atoms with Crippen LogP contribution in [0.1, 0.15) is 49.9 Å². The molecule has 0 amide bonds. The second kappa shape index (κ2) is 9.55. The summed E-state index contributed by atoms with van der Waals surface area (Å²) >= 11 is 0. The number of hydrogen-bond acceptors (Lipinski definition) is 2. The van der Waals surface area contributed by atoms with Crippen molar-refractivity contribution in [1.29, 1.82) is 0 Å². The maximum Gasteiger partial charge on any atom is 0.402 e. The first kappa shape index (κ1) is 28.8. The number of carbonyl (C=O) groups excluding carboxylic acids is 1. The summed E-state index contributed by atoms with van der Waals surface area (Å²) in [5, 5.41) is 6.67. The lowest BCUT2D eigenvalue weighted by atomic mass is 9.78. The second-order valence-electron chi connectivity index (χ2n) is 13.1. The first-order valence-corrected chi connectivity index (χ1v) is 14.8. The zero-order chi connectivity index (χ0) is 32.1. The van der Waals surface area contributed by atoms with Gasteiger partial charge in [0, 0.05) is 11.6 Å². The Labute approximate surface area is 259 Å². The molecule has 0 saturated heterocycles. The normalized spacial score (nSPS) is 16.2. The Morgan fingerprint density at radius 2 is 1.33 bits per heavy atom. The highest BCUT2D eigenvalue weighted by Gasteiger charge is 2.58. The Kier molecular flexibility index (Phi) is 6.12. The van der Waals surface area contributed by atoms with Gasteiger partial charge in [-0.3, -0.25) is 0 Å². The van der Waals surface area contributed by atoms with Gasteiger partial charge in [0.25, 0.3) is 0 Å². The molecule has 0 saturated carbocycles. The van der Waals surface area contributed by atoms with E-state index in [-0.39, 0.29) is 22.3 Å². The lowest BCUT2D eigenvalue weighted by Crippen LogP contribution is -2.39. The van der Waals surface area contributed by atoms with Gasteiger partial charge < -0.3 is 4.74 Å². The average molecular weight is 601 g/mol. The number of hydrogen-bond donors (Lipinski definition) is 0. The number of fused-ring (bicyclic) bond motifs is 3. The van der Waals surface area contributed by atoms with Crippen molar-refractivity contribution >= 4 is 44.0 Å². The third kappa shape index (κ3) is 4.21. The van der Waals surface area contributed by atoms with E-state index in [1.165, 1.54) is 23.9 Å². The molecule has 0 heterocycles. The molecule has 1 aliphatic carbocycles. The number of ether oxygens (including phenoxy) is 1. The Morgan fingerprint density at radius 1 is 0.756 bits per heavy atom. The minimum atomic E-state index is -4.60. The van der Waals surface area contributed by atoms with Crippen LogP contribution < -0.4 is 0 Å². The number of carbonyl (C=O) groups is 1. The Balaban J connectivity index is 1.41. The highest BCUT2D eigenvalue weighted by Crippen LogP contribution is 2.57. The highest BCUT2D eigenvalue weighted by molar-refractivity contribution is 6.25. The van der Waals surface area contributed by atoms with Crippen molar-refractivity contribution in [2.24, 2.45) is 0 Å². The van der Waals surface area contributed by atoms with E-state index in [0.29, 0.717) is 16.7 Å². The zero-order valence-electron chi connectivity index (χ0n) is 25.5. The van der Waals surface area contributed by atoms with Gasteiger partial charge in [0.15, 0.2) is 0 Å². The molecule has 2 nitrogen and oxygen atoms in total. The predicted octanol–water partition coefficient (Wildman–Crippen LogP) is 11.1. The van der Waals surface area contributed by atoms with E-state index in [1.54, 1.807) is 24.3 Å². The van der Waals surface area contributed by atoms with Crippen LogP contribution in [0.2, 0.25) is 0 Å². The van der Waals surface area contributed by atoms with E-state index in [0.717, 1.165) is 44.1 Å². The maximum atomic E-state index is 15.2. The van der Waals surface area contributed by atoms with Crippen molar-refractivity contribution < 1.29 is 22.7 Å². The first-order valence-electron chi connectivity index (χ1n) is 14.8. The summed E-state index contributed by atoms with van der Waals surface area (Å²) in [5.41, 5.74) is 2.16. The summed E-state index contributed by atoms with van der Waals surface area (Å²) in [5.74, 6) is -0.762. The standard InChI is InChI=1S/C40H31F3O2/c1-7-35(44)45-22(2)24-11-15-30-31-16-12-25(21-34(31)39(6,33(30)20-24)40(41,42)43)29-14-10-23-8-9-26-18-28(38(3,4)5)19-27-13-17-32(29)37(23)36(26)27/h7-21H,1-2H2,3-6H3. The fraction of sp³-hybridized carbons (Fsp3) is 0.175. The van der Waals surface area contributed by atoms with Crippen LogP contribution >= 0.6 is 0 Å². The number of alkyl halides is 3. The van der Waals surface area contributed by atoms with E-state index in [1.807, 2.05) is 12.1 Å². The molecule has 0 aliphatic heterocycles. The topological polar surface area (TPSA) is 26.3 Å². The lowest BCUT2D eigenvalue weighted by molar-refractivity contribution is -0.172. The summed E-state index contributed by atoms with van der Waals surface area (Å²) in [6, 6.07) is 27.2. The van der Waals surface area contributed by atoms with Crippen LogP contribution in [-0.2, 0) is 20.4 Å².